The van der Waals surface area contributed by atoms with Crippen LogP contribution in [-0.2, 0) is 12.8 Å². The lowest BCUT2D eigenvalue weighted by atomic mass is 9.99. The fourth-order valence-electron chi connectivity index (χ4n) is 3.38. The molecular weight excluding hydrogens is 286 g/mol. The van der Waals surface area contributed by atoms with Crippen molar-refractivity contribution in [3.8, 4) is 0 Å². The topological polar surface area (TPSA) is 55.1 Å². The largest absolute Gasteiger partial charge is 0.362 e. The van der Waals surface area contributed by atoms with Crippen molar-refractivity contribution < 1.29 is 0 Å². The SMILES string of the molecule is CCc1nnc2ccc(NC3CCCCc4ccccc43)nn12. The highest BCUT2D eigenvalue weighted by Gasteiger charge is 2.19. The first-order valence-electron chi connectivity index (χ1n) is 8.41. The molecule has 0 spiro atoms. The molecule has 0 fully saturated rings. The smallest absolute Gasteiger partial charge is 0.178 e. The molecule has 3 aromatic rings. The Bertz CT molecular complexity index is 823. The van der Waals surface area contributed by atoms with Crippen molar-refractivity contribution in [1.29, 1.82) is 0 Å². The Kier molecular flexibility index (Phi) is 3.69. The maximum atomic E-state index is 4.68. The fraction of sp³-hybridized carbons (Fsp3) is 0.389. The van der Waals surface area contributed by atoms with Gasteiger partial charge >= 0.3 is 0 Å². The molecule has 23 heavy (non-hydrogen) atoms. The van der Waals surface area contributed by atoms with E-state index < -0.39 is 0 Å². The van der Waals surface area contributed by atoms with Gasteiger partial charge < -0.3 is 5.32 Å². The third-order valence-electron chi connectivity index (χ3n) is 4.59. The first kappa shape index (κ1) is 14.2. The summed E-state index contributed by atoms with van der Waals surface area (Å²) in [6, 6.07) is 13.1. The van der Waals surface area contributed by atoms with E-state index in [2.05, 4.69) is 51.8 Å². The van der Waals surface area contributed by atoms with E-state index in [0.717, 1.165) is 30.1 Å². The third kappa shape index (κ3) is 2.67. The molecule has 0 radical (unpaired) electrons. The van der Waals surface area contributed by atoms with Crippen molar-refractivity contribution in [3.05, 3.63) is 53.3 Å². The lowest BCUT2D eigenvalue weighted by Crippen LogP contribution is -2.13. The van der Waals surface area contributed by atoms with Gasteiger partial charge in [-0.3, -0.25) is 0 Å². The highest BCUT2D eigenvalue weighted by molar-refractivity contribution is 5.46. The van der Waals surface area contributed by atoms with E-state index in [1.165, 1.54) is 30.4 Å². The van der Waals surface area contributed by atoms with Crippen molar-refractivity contribution in [2.75, 3.05) is 5.32 Å². The number of fused-ring (bicyclic) bond motifs is 2. The first-order valence-corrected chi connectivity index (χ1v) is 8.41. The molecule has 0 amide bonds. The molecule has 0 aliphatic heterocycles. The Balaban J connectivity index is 1.67. The molecule has 0 bridgehead atoms. The lowest BCUT2D eigenvalue weighted by Gasteiger charge is -2.20. The minimum absolute atomic E-state index is 0.320. The molecule has 1 unspecified atom stereocenters. The number of anilines is 1. The van der Waals surface area contributed by atoms with Gasteiger partial charge in [-0.05, 0) is 42.5 Å². The van der Waals surface area contributed by atoms with Crippen LogP contribution < -0.4 is 5.32 Å². The van der Waals surface area contributed by atoms with E-state index in [0.29, 0.717) is 6.04 Å². The number of aryl methyl sites for hydroxylation is 2. The zero-order chi connectivity index (χ0) is 15.6. The highest BCUT2D eigenvalue weighted by Crippen LogP contribution is 2.31. The summed E-state index contributed by atoms with van der Waals surface area (Å²) < 4.78 is 1.84. The maximum Gasteiger partial charge on any atom is 0.178 e. The molecule has 0 saturated heterocycles. The van der Waals surface area contributed by atoms with Gasteiger partial charge in [-0.1, -0.05) is 37.6 Å². The Morgan fingerprint density at radius 3 is 2.96 bits per heavy atom. The summed E-state index contributed by atoms with van der Waals surface area (Å²) in [6.45, 7) is 2.07. The predicted molar refractivity (Wildman–Crippen MR) is 90.5 cm³/mol. The highest BCUT2D eigenvalue weighted by atomic mass is 15.4. The molecule has 1 aromatic carbocycles. The maximum absolute atomic E-state index is 4.68. The second-order valence-electron chi connectivity index (χ2n) is 6.10. The van der Waals surface area contributed by atoms with Crippen LogP contribution in [0.4, 0.5) is 5.82 Å². The minimum atomic E-state index is 0.320. The van der Waals surface area contributed by atoms with Crippen LogP contribution in [0.25, 0.3) is 5.65 Å². The van der Waals surface area contributed by atoms with Gasteiger partial charge in [0, 0.05) is 6.42 Å². The van der Waals surface area contributed by atoms with Crippen LogP contribution in [0.5, 0.6) is 0 Å². The summed E-state index contributed by atoms with van der Waals surface area (Å²) in [4.78, 5) is 0. The van der Waals surface area contributed by atoms with Crippen LogP contribution >= 0.6 is 0 Å². The minimum Gasteiger partial charge on any atom is -0.362 e. The summed E-state index contributed by atoms with van der Waals surface area (Å²) in [5, 5.41) is 16.6. The van der Waals surface area contributed by atoms with Crippen LogP contribution in [0.15, 0.2) is 36.4 Å². The van der Waals surface area contributed by atoms with Crippen LogP contribution in [0.2, 0.25) is 0 Å². The van der Waals surface area contributed by atoms with Gasteiger partial charge in [-0.15, -0.1) is 15.3 Å². The zero-order valence-corrected chi connectivity index (χ0v) is 13.4. The number of aromatic nitrogens is 4. The lowest BCUT2D eigenvalue weighted by molar-refractivity contribution is 0.640. The Morgan fingerprint density at radius 1 is 1.13 bits per heavy atom. The molecule has 1 N–H and O–H groups in total. The molecule has 5 nitrogen and oxygen atoms in total. The average Bonchev–Trinajstić information content (AvgIpc) is 2.89. The average molecular weight is 307 g/mol. The quantitative estimate of drug-likeness (QED) is 0.752. The van der Waals surface area contributed by atoms with E-state index in [1.54, 1.807) is 0 Å². The molecular formula is C18H21N5. The molecule has 2 heterocycles. The van der Waals surface area contributed by atoms with Crippen molar-refractivity contribution >= 4 is 11.5 Å². The molecule has 2 aromatic heterocycles. The Hall–Kier alpha value is -2.43. The third-order valence-corrected chi connectivity index (χ3v) is 4.59. The van der Waals surface area contributed by atoms with Crippen LogP contribution in [-0.4, -0.2) is 19.8 Å². The molecule has 5 heteroatoms. The van der Waals surface area contributed by atoms with Gasteiger partial charge in [0.15, 0.2) is 11.5 Å². The summed E-state index contributed by atoms with van der Waals surface area (Å²) in [7, 11) is 0. The summed E-state index contributed by atoms with van der Waals surface area (Å²) in [5.41, 5.74) is 3.67. The van der Waals surface area contributed by atoms with E-state index in [-0.39, 0.29) is 0 Å². The van der Waals surface area contributed by atoms with E-state index in [1.807, 2.05) is 16.6 Å². The normalized spacial score (nSPS) is 17.7. The van der Waals surface area contributed by atoms with Crippen LogP contribution in [0.1, 0.15) is 49.2 Å². The van der Waals surface area contributed by atoms with Crippen molar-refractivity contribution in [2.45, 2.75) is 45.1 Å². The standard InChI is InChI=1S/C18H21N5/c1-2-17-20-21-18-12-11-16(22-23(17)18)19-15-10-6-4-8-13-7-3-5-9-14(13)15/h3,5,7,9,11-12,15H,2,4,6,8,10H2,1H3,(H,19,22). The number of nitrogens with zero attached hydrogens (tertiary/aromatic N) is 4. The van der Waals surface area contributed by atoms with Gasteiger partial charge in [-0.25, -0.2) is 0 Å². The summed E-state index contributed by atoms with van der Waals surface area (Å²) >= 11 is 0. The van der Waals surface area contributed by atoms with Gasteiger partial charge in [0.2, 0.25) is 0 Å². The monoisotopic (exact) mass is 307 g/mol. The van der Waals surface area contributed by atoms with Crippen LogP contribution in [0, 0.1) is 0 Å². The van der Waals surface area contributed by atoms with Gasteiger partial charge in [0.25, 0.3) is 0 Å². The number of benzene rings is 1. The van der Waals surface area contributed by atoms with E-state index >= 15 is 0 Å². The van der Waals surface area contributed by atoms with Gasteiger partial charge in [-0.2, -0.15) is 4.52 Å². The number of hydrogen-bond acceptors (Lipinski definition) is 4. The van der Waals surface area contributed by atoms with E-state index in [4.69, 9.17) is 0 Å². The molecule has 1 aliphatic rings. The van der Waals surface area contributed by atoms with E-state index in [9.17, 15) is 0 Å². The molecule has 1 atom stereocenters. The number of nitrogens with one attached hydrogen (secondary N) is 1. The van der Waals surface area contributed by atoms with Crippen molar-refractivity contribution in [1.82, 2.24) is 19.8 Å². The molecule has 4 rings (SSSR count). The van der Waals surface area contributed by atoms with Crippen molar-refractivity contribution in [2.24, 2.45) is 0 Å². The molecule has 118 valence electrons. The van der Waals surface area contributed by atoms with Crippen molar-refractivity contribution in [3.63, 3.8) is 0 Å². The van der Waals surface area contributed by atoms with Gasteiger partial charge in [0.05, 0.1) is 6.04 Å². The Labute approximate surface area is 135 Å². The molecule has 0 saturated carbocycles. The first-order chi connectivity index (χ1) is 11.3. The summed E-state index contributed by atoms with van der Waals surface area (Å²) in [6.07, 6.45) is 5.63. The Morgan fingerprint density at radius 2 is 2.04 bits per heavy atom. The predicted octanol–water partition coefficient (Wildman–Crippen LogP) is 3.57. The zero-order valence-electron chi connectivity index (χ0n) is 13.4. The molecule has 1 aliphatic carbocycles. The van der Waals surface area contributed by atoms with Crippen LogP contribution in [0.3, 0.4) is 0 Å². The second kappa shape index (κ2) is 5.99. The fourth-order valence-corrected chi connectivity index (χ4v) is 3.38. The summed E-state index contributed by atoms with van der Waals surface area (Å²) in [5.74, 6) is 1.78. The number of hydrogen-bond donors (Lipinski definition) is 1. The number of rotatable bonds is 3. The second-order valence-corrected chi connectivity index (χ2v) is 6.10. The van der Waals surface area contributed by atoms with Gasteiger partial charge in [0.1, 0.15) is 5.82 Å².